The zero-order valence-electron chi connectivity index (χ0n) is 22.0. The van der Waals surface area contributed by atoms with Crippen LogP contribution in [0.2, 0.25) is 0 Å². The summed E-state index contributed by atoms with van der Waals surface area (Å²) in [5.74, 6) is 11.6. The Morgan fingerprint density at radius 1 is 0.615 bits per heavy atom. The van der Waals surface area contributed by atoms with E-state index >= 15 is 4.39 Å². The summed E-state index contributed by atoms with van der Waals surface area (Å²) in [7, 11) is 0. The van der Waals surface area contributed by atoms with Crippen LogP contribution in [0.25, 0.3) is 10.8 Å². The SMILES string of the molecule is CCCCCCCc1ccc(C#Cc2ccc3c(F)c(C#Cc4ccc(CC(F)(F)F)cc4)ccc3c2)cc1. The number of aryl methyl sites for hydroxylation is 1. The van der Waals surface area contributed by atoms with Gasteiger partial charge in [0.2, 0.25) is 0 Å². The molecule has 0 unspecified atom stereocenters. The maximum absolute atomic E-state index is 15.1. The fourth-order valence-electron chi connectivity index (χ4n) is 4.37. The van der Waals surface area contributed by atoms with Crippen LogP contribution in [0.15, 0.2) is 78.9 Å². The summed E-state index contributed by atoms with van der Waals surface area (Å²) in [5, 5.41) is 1.16. The van der Waals surface area contributed by atoms with Crippen molar-refractivity contribution in [3.05, 3.63) is 118 Å². The summed E-state index contributed by atoms with van der Waals surface area (Å²) in [6, 6.07) is 22.9. The number of halogens is 4. The van der Waals surface area contributed by atoms with E-state index in [9.17, 15) is 13.2 Å². The van der Waals surface area contributed by atoms with Gasteiger partial charge >= 0.3 is 6.18 Å². The Labute approximate surface area is 228 Å². The number of rotatable bonds is 7. The summed E-state index contributed by atoms with van der Waals surface area (Å²) in [6.45, 7) is 2.22. The summed E-state index contributed by atoms with van der Waals surface area (Å²) < 4.78 is 52.7. The second-order valence-corrected chi connectivity index (χ2v) is 9.71. The highest BCUT2D eigenvalue weighted by atomic mass is 19.4. The number of alkyl halides is 3. The van der Waals surface area contributed by atoms with Crippen LogP contribution in [0.3, 0.4) is 0 Å². The minimum Gasteiger partial charge on any atom is -0.205 e. The molecule has 0 nitrogen and oxygen atoms in total. The van der Waals surface area contributed by atoms with Crippen LogP contribution in [-0.4, -0.2) is 6.18 Å². The predicted octanol–water partition coefficient (Wildman–Crippen LogP) is 9.40. The van der Waals surface area contributed by atoms with Crippen molar-refractivity contribution in [1.29, 1.82) is 0 Å². The van der Waals surface area contributed by atoms with Gasteiger partial charge in [0.25, 0.3) is 0 Å². The molecule has 0 aliphatic rings. The molecule has 0 heterocycles. The summed E-state index contributed by atoms with van der Waals surface area (Å²) >= 11 is 0. The van der Waals surface area contributed by atoms with E-state index in [0.717, 1.165) is 22.9 Å². The van der Waals surface area contributed by atoms with Crippen LogP contribution >= 0.6 is 0 Å². The Morgan fingerprint density at radius 3 is 1.87 bits per heavy atom. The number of hydrogen-bond donors (Lipinski definition) is 0. The molecule has 0 saturated carbocycles. The van der Waals surface area contributed by atoms with Crippen molar-refractivity contribution in [1.82, 2.24) is 0 Å². The number of benzene rings is 4. The van der Waals surface area contributed by atoms with Crippen molar-refractivity contribution < 1.29 is 17.6 Å². The van der Waals surface area contributed by atoms with E-state index in [-0.39, 0.29) is 11.1 Å². The monoisotopic (exact) mass is 526 g/mol. The quantitative estimate of drug-likeness (QED) is 0.128. The molecular formula is C35H30F4. The normalized spacial score (nSPS) is 11.0. The third-order valence-electron chi connectivity index (χ3n) is 6.53. The minimum atomic E-state index is -4.26. The van der Waals surface area contributed by atoms with Crippen LogP contribution < -0.4 is 0 Å². The molecule has 0 saturated heterocycles. The molecule has 0 aromatic heterocycles. The standard InChI is InChI=1S/C35H30F4/c1-2-3-4-5-6-7-26-8-10-27(11-9-26)12-15-29-19-23-33-32(24-29)22-21-31(34(33)36)20-18-28-13-16-30(17-14-28)25-35(37,38)39/h8-11,13-14,16-17,19,21-24H,2-7,25H2,1H3. The summed E-state index contributed by atoms with van der Waals surface area (Å²) in [4.78, 5) is 0. The minimum absolute atomic E-state index is 0.161. The molecule has 4 heteroatoms. The van der Waals surface area contributed by atoms with Crippen molar-refractivity contribution in [2.75, 3.05) is 0 Å². The van der Waals surface area contributed by atoms with E-state index in [2.05, 4.69) is 42.7 Å². The Bertz CT molecular complexity index is 1520. The maximum Gasteiger partial charge on any atom is 0.393 e. The molecule has 0 spiro atoms. The lowest BCUT2D eigenvalue weighted by Gasteiger charge is -2.05. The molecule has 4 aromatic carbocycles. The van der Waals surface area contributed by atoms with Crippen LogP contribution in [0.4, 0.5) is 17.6 Å². The molecule has 0 bridgehead atoms. The first-order valence-corrected chi connectivity index (χ1v) is 13.3. The van der Waals surface area contributed by atoms with E-state index in [1.165, 1.54) is 61.9 Å². The Balaban J connectivity index is 1.42. The molecule has 0 aliphatic heterocycles. The topological polar surface area (TPSA) is 0 Å². The van der Waals surface area contributed by atoms with Crippen molar-refractivity contribution >= 4 is 10.8 Å². The molecule has 0 amide bonds. The van der Waals surface area contributed by atoms with E-state index in [1.54, 1.807) is 24.3 Å². The molecule has 198 valence electrons. The zero-order chi connectivity index (χ0) is 27.7. The third-order valence-corrected chi connectivity index (χ3v) is 6.53. The van der Waals surface area contributed by atoms with Gasteiger partial charge in [-0.3, -0.25) is 0 Å². The second kappa shape index (κ2) is 13.2. The Hall–Kier alpha value is -4.02. The highest BCUT2D eigenvalue weighted by Crippen LogP contribution is 2.23. The largest absolute Gasteiger partial charge is 0.393 e. The highest BCUT2D eigenvalue weighted by molar-refractivity contribution is 5.86. The summed E-state index contributed by atoms with van der Waals surface area (Å²) in [5.41, 5.74) is 3.97. The molecule has 39 heavy (non-hydrogen) atoms. The zero-order valence-corrected chi connectivity index (χ0v) is 22.0. The lowest BCUT2D eigenvalue weighted by molar-refractivity contribution is -0.127. The molecule has 0 aliphatic carbocycles. The highest BCUT2D eigenvalue weighted by Gasteiger charge is 2.27. The van der Waals surface area contributed by atoms with E-state index < -0.39 is 18.4 Å². The van der Waals surface area contributed by atoms with Gasteiger partial charge in [-0.1, -0.05) is 92.7 Å². The van der Waals surface area contributed by atoms with Gasteiger partial charge < -0.3 is 0 Å². The van der Waals surface area contributed by atoms with Gasteiger partial charge in [0.15, 0.2) is 0 Å². The van der Waals surface area contributed by atoms with Gasteiger partial charge in [0, 0.05) is 22.1 Å². The van der Waals surface area contributed by atoms with Crippen LogP contribution in [0, 0.1) is 29.5 Å². The molecule has 0 radical (unpaired) electrons. The predicted molar refractivity (Wildman–Crippen MR) is 151 cm³/mol. The van der Waals surface area contributed by atoms with Crippen molar-refractivity contribution in [3.8, 4) is 23.7 Å². The fraction of sp³-hybridized carbons (Fsp3) is 0.257. The van der Waals surface area contributed by atoms with Gasteiger partial charge in [-0.05, 0) is 71.8 Å². The van der Waals surface area contributed by atoms with E-state index in [4.69, 9.17) is 0 Å². The molecule has 0 fully saturated rings. The van der Waals surface area contributed by atoms with E-state index in [0.29, 0.717) is 10.9 Å². The average Bonchev–Trinajstić information content (AvgIpc) is 2.92. The lowest BCUT2D eigenvalue weighted by Crippen LogP contribution is -2.11. The smallest absolute Gasteiger partial charge is 0.205 e. The maximum atomic E-state index is 15.1. The molecule has 0 atom stereocenters. The molecular weight excluding hydrogens is 496 g/mol. The number of hydrogen-bond acceptors (Lipinski definition) is 0. The van der Waals surface area contributed by atoms with Crippen molar-refractivity contribution in [3.63, 3.8) is 0 Å². The van der Waals surface area contributed by atoms with E-state index in [1.807, 2.05) is 18.2 Å². The van der Waals surface area contributed by atoms with Crippen molar-refractivity contribution in [2.24, 2.45) is 0 Å². The lowest BCUT2D eigenvalue weighted by atomic mass is 10.0. The second-order valence-electron chi connectivity index (χ2n) is 9.71. The molecule has 0 N–H and O–H groups in total. The molecule has 4 rings (SSSR count). The van der Waals surface area contributed by atoms with Gasteiger partial charge in [-0.2, -0.15) is 13.2 Å². The first-order valence-electron chi connectivity index (χ1n) is 13.3. The van der Waals surface area contributed by atoms with Crippen LogP contribution in [-0.2, 0) is 12.8 Å². The fourth-order valence-corrected chi connectivity index (χ4v) is 4.37. The Kier molecular flexibility index (Phi) is 9.45. The third kappa shape index (κ3) is 8.49. The van der Waals surface area contributed by atoms with Gasteiger partial charge in [0.1, 0.15) is 5.82 Å². The van der Waals surface area contributed by atoms with Gasteiger partial charge in [-0.25, -0.2) is 4.39 Å². The average molecular weight is 527 g/mol. The number of unbranched alkanes of at least 4 members (excludes halogenated alkanes) is 4. The first-order chi connectivity index (χ1) is 18.8. The first kappa shape index (κ1) is 28.0. The van der Waals surface area contributed by atoms with Crippen molar-refractivity contribution in [2.45, 2.75) is 58.0 Å². The van der Waals surface area contributed by atoms with Crippen LogP contribution in [0.1, 0.15) is 72.4 Å². The van der Waals surface area contributed by atoms with Crippen LogP contribution in [0.5, 0.6) is 0 Å². The summed E-state index contributed by atoms with van der Waals surface area (Å²) in [6.07, 6.45) is 2.19. The Morgan fingerprint density at radius 2 is 1.21 bits per heavy atom. The van der Waals surface area contributed by atoms with Gasteiger partial charge in [0.05, 0.1) is 12.0 Å². The molecule has 4 aromatic rings. The van der Waals surface area contributed by atoms with Gasteiger partial charge in [-0.15, -0.1) is 0 Å². The number of fused-ring (bicyclic) bond motifs is 1.